The number of nitrogens with one attached hydrogen (secondary N) is 1. The molecule has 1 N–H and O–H groups in total. The largest absolute Gasteiger partial charge is 0.365 e. The van der Waals surface area contributed by atoms with E-state index in [1.807, 2.05) is 12.3 Å². The van der Waals surface area contributed by atoms with E-state index in [1.54, 1.807) is 6.33 Å². The third kappa shape index (κ3) is 3.25. The second-order valence-corrected chi connectivity index (χ2v) is 6.37. The zero-order valence-corrected chi connectivity index (χ0v) is 13.4. The fourth-order valence-corrected chi connectivity index (χ4v) is 3.04. The Morgan fingerprint density at radius 3 is 2.96 bits per heavy atom. The van der Waals surface area contributed by atoms with E-state index in [0.717, 1.165) is 49.1 Å². The van der Waals surface area contributed by atoms with Crippen molar-refractivity contribution in [3.05, 3.63) is 36.2 Å². The van der Waals surface area contributed by atoms with Crippen molar-refractivity contribution in [2.45, 2.75) is 44.6 Å². The van der Waals surface area contributed by atoms with Crippen LogP contribution in [0.5, 0.6) is 0 Å². The molecule has 1 aliphatic heterocycles. The standard InChI is InChI=1S/C17H22N6/c1-2-13-9-16(20-11-19-13)23-8-6-14(10-23)21-15-5-7-18-17(22-15)12-3-4-12/h5,7,9,11-12,14H,2-4,6,8,10H2,1H3,(H,18,21,22). The normalized spacial score (nSPS) is 20.7. The maximum absolute atomic E-state index is 4.66. The Bertz CT molecular complexity index is 684. The minimum absolute atomic E-state index is 0.400. The number of nitrogens with zero attached hydrogens (tertiary/aromatic N) is 5. The molecule has 4 rings (SSSR count). The summed E-state index contributed by atoms with van der Waals surface area (Å²) in [5.74, 6) is 3.56. The van der Waals surface area contributed by atoms with E-state index in [9.17, 15) is 0 Å². The summed E-state index contributed by atoms with van der Waals surface area (Å²) in [5.41, 5.74) is 1.09. The van der Waals surface area contributed by atoms with Crippen molar-refractivity contribution in [1.29, 1.82) is 0 Å². The molecule has 1 saturated heterocycles. The Hall–Kier alpha value is -2.24. The van der Waals surface area contributed by atoms with Gasteiger partial charge in [0.1, 0.15) is 23.8 Å². The van der Waals surface area contributed by atoms with Crippen molar-refractivity contribution in [2.24, 2.45) is 0 Å². The Labute approximate surface area is 136 Å². The van der Waals surface area contributed by atoms with Gasteiger partial charge in [-0.1, -0.05) is 6.92 Å². The molecule has 1 saturated carbocycles. The summed E-state index contributed by atoms with van der Waals surface area (Å²) in [6.45, 7) is 4.08. The SMILES string of the molecule is CCc1cc(N2CCC(Nc3ccnc(C4CC4)n3)C2)ncn1. The quantitative estimate of drug-likeness (QED) is 0.914. The molecule has 0 radical (unpaired) electrons. The summed E-state index contributed by atoms with van der Waals surface area (Å²) in [7, 11) is 0. The van der Waals surface area contributed by atoms with E-state index >= 15 is 0 Å². The Morgan fingerprint density at radius 2 is 2.13 bits per heavy atom. The molecule has 0 amide bonds. The molecule has 0 aromatic carbocycles. The van der Waals surface area contributed by atoms with E-state index < -0.39 is 0 Å². The minimum Gasteiger partial charge on any atom is -0.365 e. The van der Waals surface area contributed by atoms with Gasteiger partial charge < -0.3 is 10.2 Å². The van der Waals surface area contributed by atoms with Crippen LogP contribution >= 0.6 is 0 Å². The van der Waals surface area contributed by atoms with Crippen LogP contribution in [0.4, 0.5) is 11.6 Å². The fourth-order valence-electron chi connectivity index (χ4n) is 3.04. The third-order valence-corrected chi connectivity index (χ3v) is 4.55. The lowest BCUT2D eigenvalue weighted by Crippen LogP contribution is -2.27. The topological polar surface area (TPSA) is 66.8 Å². The highest BCUT2D eigenvalue weighted by molar-refractivity contribution is 5.43. The first-order valence-corrected chi connectivity index (χ1v) is 8.47. The molecule has 23 heavy (non-hydrogen) atoms. The van der Waals surface area contributed by atoms with Gasteiger partial charge in [0, 0.05) is 43.0 Å². The van der Waals surface area contributed by atoms with Gasteiger partial charge in [-0.15, -0.1) is 0 Å². The number of aromatic nitrogens is 4. The first kappa shape index (κ1) is 14.4. The predicted molar refractivity (Wildman–Crippen MR) is 89.7 cm³/mol. The first-order valence-electron chi connectivity index (χ1n) is 8.47. The molecule has 2 aliphatic rings. The number of hydrogen-bond donors (Lipinski definition) is 1. The molecule has 120 valence electrons. The molecule has 0 bridgehead atoms. The second-order valence-electron chi connectivity index (χ2n) is 6.37. The zero-order valence-electron chi connectivity index (χ0n) is 13.4. The van der Waals surface area contributed by atoms with Crippen LogP contribution in [0.3, 0.4) is 0 Å². The van der Waals surface area contributed by atoms with Gasteiger partial charge in [-0.25, -0.2) is 19.9 Å². The summed E-state index contributed by atoms with van der Waals surface area (Å²) >= 11 is 0. The molecular formula is C17H22N6. The second kappa shape index (κ2) is 6.10. The highest BCUT2D eigenvalue weighted by Crippen LogP contribution is 2.38. The summed E-state index contributed by atoms with van der Waals surface area (Å²) in [6.07, 6.45) is 8.03. The Morgan fingerprint density at radius 1 is 1.22 bits per heavy atom. The van der Waals surface area contributed by atoms with Crippen LogP contribution in [-0.4, -0.2) is 39.1 Å². The van der Waals surface area contributed by atoms with E-state index in [-0.39, 0.29) is 0 Å². The van der Waals surface area contributed by atoms with E-state index in [0.29, 0.717) is 12.0 Å². The van der Waals surface area contributed by atoms with Gasteiger partial charge in [0.15, 0.2) is 0 Å². The summed E-state index contributed by atoms with van der Waals surface area (Å²) < 4.78 is 0. The van der Waals surface area contributed by atoms with Crippen LogP contribution < -0.4 is 10.2 Å². The van der Waals surface area contributed by atoms with Crippen LogP contribution in [0.15, 0.2) is 24.7 Å². The summed E-state index contributed by atoms with van der Waals surface area (Å²) in [6, 6.07) is 4.46. The monoisotopic (exact) mass is 310 g/mol. The Balaban J connectivity index is 1.41. The number of anilines is 2. The van der Waals surface area contributed by atoms with Gasteiger partial charge in [-0.2, -0.15) is 0 Å². The average molecular weight is 310 g/mol. The van der Waals surface area contributed by atoms with Crippen LogP contribution in [-0.2, 0) is 6.42 Å². The molecule has 6 heteroatoms. The van der Waals surface area contributed by atoms with Gasteiger partial charge in [-0.3, -0.25) is 0 Å². The summed E-state index contributed by atoms with van der Waals surface area (Å²) in [4.78, 5) is 20.1. The molecule has 6 nitrogen and oxygen atoms in total. The fraction of sp³-hybridized carbons (Fsp3) is 0.529. The van der Waals surface area contributed by atoms with E-state index in [1.165, 1.54) is 12.8 Å². The van der Waals surface area contributed by atoms with Gasteiger partial charge in [0.05, 0.1) is 0 Å². The lowest BCUT2D eigenvalue weighted by atomic mass is 10.2. The Kier molecular flexibility index (Phi) is 3.81. The van der Waals surface area contributed by atoms with Crippen LogP contribution in [0, 0.1) is 0 Å². The van der Waals surface area contributed by atoms with E-state index in [2.05, 4.69) is 43.1 Å². The summed E-state index contributed by atoms with van der Waals surface area (Å²) in [5, 5.41) is 3.56. The predicted octanol–water partition coefficient (Wildman–Crippen LogP) is 2.40. The molecule has 2 aromatic heterocycles. The number of rotatable bonds is 5. The zero-order chi connectivity index (χ0) is 15.6. The highest BCUT2D eigenvalue weighted by atomic mass is 15.2. The third-order valence-electron chi connectivity index (χ3n) is 4.55. The maximum Gasteiger partial charge on any atom is 0.133 e. The van der Waals surface area contributed by atoms with Crippen LogP contribution in [0.2, 0.25) is 0 Å². The molecule has 2 fully saturated rings. The molecule has 3 heterocycles. The minimum atomic E-state index is 0.400. The number of hydrogen-bond acceptors (Lipinski definition) is 6. The molecule has 2 aromatic rings. The molecule has 1 unspecified atom stereocenters. The van der Waals surface area contributed by atoms with Crippen molar-refractivity contribution in [1.82, 2.24) is 19.9 Å². The van der Waals surface area contributed by atoms with Crippen molar-refractivity contribution >= 4 is 11.6 Å². The molecular weight excluding hydrogens is 288 g/mol. The van der Waals surface area contributed by atoms with Crippen LogP contribution in [0.25, 0.3) is 0 Å². The first-order chi connectivity index (χ1) is 11.3. The molecule has 1 aliphatic carbocycles. The number of aryl methyl sites for hydroxylation is 1. The maximum atomic E-state index is 4.66. The van der Waals surface area contributed by atoms with Gasteiger partial charge in [0.25, 0.3) is 0 Å². The molecule has 1 atom stereocenters. The van der Waals surface area contributed by atoms with Crippen LogP contribution in [0.1, 0.15) is 43.6 Å². The average Bonchev–Trinajstić information content (AvgIpc) is 3.35. The van der Waals surface area contributed by atoms with Gasteiger partial charge >= 0.3 is 0 Å². The lowest BCUT2D eigenvalue weighted by Gasteiger charge is -2.18. The highest BCUT2D eigenvalue weighted by Gasteiger charge is 2.27. The van der Waals surface area contributed by atoms with E-state index in [4.69, 9.17) is 0 Å². The van der Waals surface area contributed by atoms with Gasteiger partial charge in [0.2, 0.25) is 0 Å². The smallest absolute Gasteiger partial charge is 0.133 e. The van der Waals surface area contributed by atoms with Crippen molar-refractivity contribution in [2.75, 3.05) is 23.3 Å². The van der Waals surface area contributed by atoms with Crippen molar-refractivity contribution in [3.8, 4) is 0 Å². The van der Waals surface area contributed by atoms with Crippen molar-refractivity contribution in [3.63, 3.8) is 0 Å². The van der Waals surface area contributed by atoms with Gasteiger partial charge in [-0.05, 0) is 31.7 Å². The lowest BCUT2D eigenvalue weighted by molar-refractivity contribution is 0.792. The molecule has 0 spiro atoms. The van der Waals surface area contributed by atoms with Crippen molar-refractivity contribution < 1.29 is 0 Å².